The molecule has 2 N–H and O–H groups in total. The maximum atomic E-state index is 12.7. The van der Waals surface area contributed by atoms with E-state index in [1.807, 2.05) is 0 Å². The SMILES string of the molecule is CCC1CCCN(C(=O)C2(CN)CCCC2)C1.Cl. The first-order valence-electron chi connectivity index (χ1n) is 7.21. The van der Waals surface area contributed by atoms with Gasteiger partial charge in [0.15, 0.2) is 0 Å². The average Bonchev–Trinajstić information content (AvgIpc) is 2.88. The minimum Gasteiger partial charge on any atom is -0.342 e. The molecule has 0 spiro atoms. The van der Waals surface area contributed by atoms with Crippen molar-refractivity contribution in [2.75, 3.05) is 19.6 Å². The molecule has 0 aromatic carbocycles. The summed E-state index contributed by atoms with van der Waals surface area (Å²) in [4.78, 5) is 14.8. The van der Waals surface area contributed by atoms with Crippen molar-refractivity contribution in [1.82, 2.24) is 4.90 Å². The summed E-state index contributed by atoms with van der Waals surface area (Å²) in [5, 5.41) is 0. The molecular formula is C14H27ClN2O. The molecule has 0 aromatic rings. The van der Waals surface area contributed by atoms with Gasteiger partial charge in [-0.3, -0.25) is 4.79 Å². The number of halogens is 1. The molecule has 4 heteroatoms. The predicted octanol–water partition coefficient (Wildman–Crippen LogP) is 2.58. The Morgan fingerprint density at radius 2 is 2.00 bits per heavy atom. The van der Waals surface area contributed by atoms with Crippen molar-refractivity contribution in [2.45, 2.75) is 51.9 Å². The molecule has 1 amide bonds. The molecule has 1 saturated carbocycles. The molecule has 18 heavy (non-hydrogen) atoms. The van der Waals surface area contributed by atoms with Crippen LogP contribution in [-0.2, 0) is 4.79 Å². The van der Waals surface area contributed by atoms with Gasteiger partial charge >= 0.3 is 0 Å². The third kappa shape index (κ3) is 3.00. The third-order valence-corrected chi connectivity index (χ3v) is 4.79. The zero-order chi connectivity index (χ0) is 12.3. The fourth-order valence-electron chi connectivity index (χ4n) is 3.48. The molecule has 1 saturated heterocycles. The second-order valence-electron chi connectivity index (χ2n) is 5.86. The van der Waals surface area contributed by atoms with Gasteiger partial charge in [0.05, 0.1) is 5.41 Å². The fraction of sp³-hybridized carbons (Fsp3) is 0.929. The third-order valence-electron chi connectivity index (χ3n) is 4.79. The van der Waals surface area contributed by atoms with Gasteiger partial charge in [-0.25, -0.2) is 0 Å². The Morgan fingerprint density at radius 3 is 2.56 bits per heavy atom. The molecule has 1 aliphatic carbocycles. The van der Waals surface area contributed by atoms with Gasteiger partial charge in [-0.1, -0.05) is 26.2 Å². The first-order chi connectivity index (χ1) is 8.22. The summed E-state index contributed by atoms with van der Waals surface area (Å²) in [6.07, 6.45) is 8.02. The van der Waals surface area contributed by atoms with Crippen molar-refractivity contribution in [3.05, 3.63) is 0 Å². The zero-order valence-electron chi connectivity index (χ0n) is 11.5. The standard InChI is InChI=1S/C14H26N2O.ClH/c1-2-12-6-5-9-16(10-12)13(17)14(11-15)7-3-4-8-14;/h12H,2-11,15H2,1H3;1H. The second kappa shape index (κ2) is 6.76. The van der Waals surface area contributed by atoms with E-state index in [-0.39, 0.29) is 17.8 Å². The summed E-state index contributed by atoms with van der Waals surface area (Å²) in [5.41, 5.74) is 5.70. The van der Waals surface area contributed by atoms with Gasteiger partial charge in [0.2, 0.25) is 5.91 Å². The van der Waals surface area contributed by atoms with Gasteiger partial charge in [-0.2, -0.15) is 0 Å². The number of carbonyl (C=O) groups excluding carboxylic acids is 1. The molecule has 106 valence electrons. The van der Waals surface area contributed by atoms with Gasteiger partial charge < -0.3 is 10.6 Å². The number of piperidine rings is 1. The summed E-state index contributed by atoms with van der Waals surface area (Å²) in [6, 6.07) is 0. The Bertz CT molecular complexity index is 277. The van der Waals surface area contributed by atoms with Crippen molar-refractivity contribution in [3.8, 4) is 0 Å². The van der Waals surface area contributed by atoms with Gasteiger partial charge in [0, 0.05) is 19.6 Å². The molecule has 2 rings (SSSR count). The molecule has 0 radical (unpaired) electrons. The number of amides is 1. The number of nitrogens with zero attached hydrogens (tertiary/aromatic N) is 1. The predicted molar refractivity (Wildman–Crippen MR) is 76.8 cm³/mol. The van der Waals surface area contributed by atoms with Crippen LogP contribution >= 0.6 is 12.4 Å². The zero-order valence-corrected chi connectivity index (χ0v) is 12.3. The lowest BCUT2D eigenvalue weighted by Gasteiger charge is -2.38. The van der Waals surface area contributed by atoms with Crippen LogP contribution in [0.4, 0.5) is 0 Å². The number of hydrogen-bond donors (Lipinski definition) is 1. The smallest absolute Gasteiger partial charge is 0.230 e. The van der Waals surface area contributed by atoms with Gasteiger partial charge in [0.25, 0.3) is 0 Å². The van der Waals surface area contributed by atoms with E-state index in [1.165, 1.54) is 32.1 Å². The molecular weight excluding hydrogens is 248 g/mol. The van der Waals surface area contributed by atoms with Crippen molar-refractivity contribution in [2.24, 2.45) is 17.1 Å². The molecule has 0 aromatic heterocycles. The summed E-state index contributed by atoms with van der Waals surface area (Å²) in [5.74, 6) is 1.07. The Morgan fingerprint density at radius 1 is 1.33 bits per heavy atom. The highest BCUT2D eigenvalue weighted by Gasteiger charge is 2.42. The van der Waals surface area contributed by atoms with Crippen molar-refractivity contribution in [1.29, 1.82) is 0 Å². The van der Waals surface area contributed by atoms with Crippen LogP contribution < -0.4 is 5.73 Å². The Labute approximate surface area is 117 Å². The van der Waals surface area contributed by atoms with Crippen LogP contribution in [0.5, 0.6) is 0 Å². The monoisotopic (exact) mass is 274 g/mol. The number of rotatable bonds is 3. The number of nitrogens with two attached hydrogens (primary N) is 1. The van der Waals surface area contributed by atoms with E-state index >= 15 is 0 Å². The van der Waals surface area contributed by atoms with E-state index in [0.717, 1.165) is 25.9 Å². The van der Waals surface area contributed by atoms with E-state index in [4.69, 9.17) is 5.73 Å². The highest BCUT2D eigenvalue weighted by Crippen LogP contribution is 2.39. The number of hydrogen-bond acceptors (Lipinski definition) is 2. The normalized spacial score (nSPS) is 26.8. The molecule has 0 bridgehead atoms. The summed E-state index contributed by atoms with van der Waals surface area (Å²) >= 11 is 0. The van der Waals surface area contributed by atoms with E-state index < -0.39 is 0 Å². The molecule has 1 unspecified atom stereocenters. The molecule has 2 fully saturated rings. The lowest BCUT2D eigenvalue weighted by atomic mass is 9.83. The van der Waals surface area contributed by atoms with Gasteiger partial charge in [-0.05, 0) is 31.6 Å². The van der Waals surface area contributed by atoms with E-state index in [2.05, 4.69) is 11.8 Å². The lowest BCUT2D eigenvalue weighted by Crippen LogP contribution is -2.50. The Hall–Kier alpha value is -0.280. The van der Waals surface area contributed by atoms with Crippen LogP contribution in [0.15, 0.2) is 0 Å². The first kappa shape index (κ1) is 15.8. The summed E-state index contributed by atoms with van der Waals surface area (Å²) in [7, 11) is 0. The Balaban J connectivity index is 0.00000162. The van der Waals surface area contributed by atoms with Gasteiger partial charge in [0.1, 0.15) is 0 Å². The van der Waals surface area contributed by atoms with Crippen LogP contribution in [0.3, 0.4) is 0 Å². The quantitative estimate of drug-likeness (QED) is 0.860. The minimum absolute atomic E-state index is 0. The van der Waals surface area contributed by atoms with Crippen molar-refractivity contribution < 1.29 is 4.79 Å². The lowest BCUT2D eigenvalue weighted by molar-refractivity contribution is -0.143. The van der Waals surface area contributed by atoms with E-state index in [0.29, 0.717) is 18.4 Å². The van der Waals surface area contributed by atoms with Crippen LogP contribution in [-0.4, -0.2) is 30.4 Å². The van der Waals surface area contributed by atoms with E-state index in [1.54, 1.807) is 0 Å². The van der Waals surface area contributed by atoms with Crippen LogP contribution in [0.2, 0.25) is 0 Å². The topological polar surface area (TPSA) is 46.3 Å². The molecule has 1 atom stereocenters. The van der Waals surface area contributed by atoms with Crippen LogP contribution in [0.1, 0.15) is 51.9 Å². The van der Waals surface area contributed by atoms with Crippen molar-refractivity contribution >= 4 is 18.3 Å². The fourth-order valence-corrected chi connectivity index (χ4v) is 3.48. The first-order valence-corrected chi connectivity index (χ1v) is 7.21. The minimum atomic E-state index is -0.199. The largest absolute Gasteiger partial charge is 0.342 e. The Kier molecular flexibility index (Phi) is 5.93. The summed E-state index contributed by atoms with van der Waals surface area (Å²) < 4.78 is 0. The van der Waals surface area contributed by atoms with Crippen molar-refractivity contribution in [3.63, 3.8) is 0 Å². The molecule has 2 aliphatic rings. The summed E-state index contributed by atoms with van der Waals surface area (Å²) in [6.45, 7) is 4.69. The molecule has 1 aliphatic heterocycles. The number of carbonyl (C=O) groups is 1. The maximum absolute atomic E-state index is 12.7. The number of likely N-dealkylation sites (tertiary alicyclic amines) is 1. The maximum Gasteiger partial charge on any atom is 0.230 e. The molecule has 3 nitrogen and oxygen atoms in total. The highest BCUT2D eigenvalue weighted by molar-refractivity contribution is 5.85. The highest BCUT2D eigenvalue weighted by atomic mass is 35.5. The molecule has 1 heterocycles. The van der Waals surface area contributed by atoms with Crippen LogP contribution in [0.25, 0.3) is 0 Å². The van der Waals surface area contributed by atoms with E-state index in [9.17, 15) is 4.79 Å². The van der Waals surface area contributed by atoms with Gasteiger partial charge in [-0.15, -0.1) is 12.4 Å². The van der Waals surface area contributed by atoms with Crippen LogP contribution in [0, 0.1) is 11.3 Å². The average molecular weight is 275 g/mol. The second-order valence-corrected chi connectivity index (χ2v) is 5.86.